The summed E-state index contributed by atoms with van der Waals surface area (Å²) in [6.45, 7) is 0.815. The quantitative estimate of drug-likeness (QED) is 0.327. The summed E-state index contributed by atoms with van der Waals surface area (Å²) in [7, 11) is 0. The van der Waals surface area contributed by atoms with Crippen molar-refractivity contribution in [1.82, 2.24) is 19.5 Å². The first-order valence-electron chi connectivity index (χ1n) is 6.28. The topological polar surface area (TPSA) is 142 Å². The molecular weight excluding hydrogens is 386 g/mol. The molecule has 1 saturated heterocycles. The molecule has 3 heterocycles. The van der Waals surface area contributed by atoms with Gasteiger partial charge in [0.2, 0.25) is 5.72 Å². The van der Waals surface area contributed by atoms with Crippen LogP contribution in [0.25, 0.3) is 21.6 Å². The second kappa shape index (κ2) is 6.72. The Balaban J connectivity index is 0.00000192. The van der Waals surface area contributed by atoms with Crippen molar-refractivity contribution in [3.05, 3.63) is 28.8 Å². The third-order valence-electron chi connectivity index (χ3n) is 3.56. The van der Waals surface area contributed by atoms with E-state index in [9.17, 15) is 14.6 Å². The van der Waals surface area contributed by atoms with Gasteiger partial charge in [-0.2, -0.15) is 0 Å². The molecule has 0 aliphatic carbocycles. The Hall–Kier alpha value is -1.23. The molecule has 23 heavy (non-hydrogen) atoms. The molecule has 10 nitrogen and oxygen atoms in total. The monoisotopic (exact) mass is 397 g/mol. The average Bonchev–Trinajstić information content (AvgIpc) is 3.04. The Morgan fingerprint density at radius 1 is 1.61 bits per heavy atom. The summed E-state index contributed by atoms with van der Waals surface area (Å²) in [5, 5.41) is 22.5. The van der Waals surface area contributed by atoms with Crippen LogP contribution in [0.2, 0.25) is 0 Å². The van der Waals surface area contributed by atoms with Gasteiger partial charge in [0.05, 0.1) is 18.6 Å². The van der Waals surface area contributed by atoms with Gasteiger partial charge in [0.15, 0.2) is 12.4 Å². The van der Waals surface area contributed by atoms with E-state index in [1.807, 2.05) is 0 Å². The van der Waals surface area contributed by atoms with Crippen LogP contribution in [0, 0.1) is 13.3 Å². The zero-order chi connectivity index (χ0) is 15.9. The van der Waals surface area contributed by atoms with Crippen LogP contribution < -0.4 is 0 Å². The fourth-order valence-corrected chi connectivity index (χ4v) is 2.39. The van der Waals surface area contributed by atoms with Gasteiger partial charge in [-0.15, -0.1) is 0 Å². The number of ether oxygens (including phenoxy) is 1. The number of azide groups is 1. The standard InChI is InChI=1S/C11H11FN7O3.Y/c1-5-7-9(15-3-14-5)19(4-16-7)10-6(12)8(21)11(2-20,22-10)17-18-13;/h4,6,8,10,20-21H,2H2,1H3;/q-1;. The van der Waals surface area contributed by atoms with E-state index in [1.54, 1.807) is 6.92 Å². The molecular formula is C11H11FN7O3Y-. The van der Waals surface area contributed by atoms with Crippen molar-refractivity contribution in [2.24, 2.45) is 5.11 Å². The maximum absolute atomic E-state index is 14.4. The Morgan fingerprint density at radius 2 is 2.35 bits per heavy atom. The van der Waals surface area contributed by atoms with Crippen LogP contribution in [-0.4, -0.2) is 54.3 Å². The summed E-state index contributed by atoms with van der Waals surface area (Å²) in [6, 6.07) is 0. The Kier molecular flexibility index (Phi) is 5.29. The smallest absolute Gasteiger partial charge is 0.201 e. The molecule has 119 valence electrons. The zero-order valence-corrected chi connectivity index (χ0v) is 14.7. The van der Waals surface area contributed by atoms with E-state index in [2.05, 4.69) is 31.3 Å². The van der Waals surface area contributed by atoms with E-state index < -0.39 is 30.8 Å². The summed E-state index contributed by atoms with van der Waals surface area (Å²) in [5.41, 5.74) is 7.66. The van der Waals surface area contributed by atoms with Gasteiger partial charge in [-0.05, 0) is 11.2 Å². The molecule has 4 atom stereocenters. The number of aliphatic hydroxyl groups excluding tert-OH is 2. The molecule has 1 fully saturated rings. The van der Waals surface area contributed by atoms with Crippen molar-refractivity contribution in [1.29, 1.82) is 0 Å². The van der Waals surface area contributed by atoms with Gasteiger partial charge >= 0.3 is 0 Å². The number of aromatic nitrogens is 4. The Morgan fingerprint density at radius 3 is 3.00 bits per heavy atom. The van der Waals surface area contributed by atoms with E-state index in [0.29, 0.717) is 11.2 Å². The van der Waals surface area contributed by atoms with Crippen LogP contribution in [0.5, 0.6) is 0 Å². The second-order valence-electron chi connectivity index (χ2n) is 4.82. The van der Waals surface area contributed by atoms with Gasteiger partial charge < -0.3 is 29.5 Å². The van der Waals surface area contributed by atoms with Crippen molar-refractivity contribution in [3.63, 3.8) is 0 Å². The van der Waals surface area contributed by atoms with E-state index in [1.165, 1.54) is 10.9 Å². The molecule has 3 rings (SSSR count). The van der Waals surface area contributed by atoms with Crippen LogP contribution in [0.4, 0.5) is 4.39 Å². The predicted molar refractivity (Wildman–Crippen MR) is 68.9 cm³/mol. The largest absolute Gasteiger partial charge is 0.393 e. The number of alkyl halides is 1. The second-order valence-corrected chi connectivity index (χ2v) is 4.82. The Bertz CT molecular complexity index is 767. The minimum Gasteiger partial charge on any atom is -0.393 e. The number of hydrogen-bond donors (Lipinski definition) is 2. The minimum atomic E-state index is -2.10. The molecule has 1 aliphatic rings. The summed E-state index contributed by atoms with van der Waals surface area (Å²) < 4.78 is 21.0. The van der Waals surface area contributed by atoms with Crippen molar-refractivity contribution in [3.8, 4) is 0 Å². The molecule has 0 bridgehead atoms. The molecule has 1 radical (unpaired) electrons. The van der Waals surface area contributed by atoms with Crippen LogP contribution in [-0.2, 0) is 37.4 Å². The number of rotatable bonds is 3. The molecule has 0 amide bonds. The van der Waals surface area contributed by atoms with E-state index >= 15 is 0 Å². The number of fused-ring (bicyclic) bond motifs is 1. The van der Waals surface area contributed by atoms with E-state index in [4.69, 9.17) is 10.3 Å². The maximum atomic E-state index is 14.4. The van der Waals surface area contributed by atoms with Gasteiger partial charge in [0.1, 0.15) is 6.10 Å². The number of aliphatic hydroxyl groups is 2. The van der Waals surface area contributed by atoms with Gasteiger partial charge in [0, 0.05) is 49.5 Å². The Labute approximate surface area is 154 Å². The van der Waals surface area contributed by atoms with Crippen molar-refractivity contribution in [2.45, 2.75) is 31.2 Å². The molecule has 12 heteroatoms. The van der Waals surface area contributed by atoms with Crippen LogP contribution in [0.3, 0.4) is 0 Å². The molecule has 2 aromatic heterocycles. The first-order valence-corrected chi connectivity index (χ1v) is 6.28. The SMILES string of the molecule is Cc1n[c-]nc2c1ncn2C1OC(CO)(N=[N+]=[N-])C(O)C1F.[Y]. The third-order valence-corrected chi connectivity index (χ3v) is 3.56. The first-order chi connectivity index (χ1) is 10.5. The normalized spacial score (nSPS) is 30.0. The molecule has 0 spiro atoms. The number of nitrogens with zero attached hydrogens (tertiary/aromatic N) is 7. The molecule has 2 aromatic rings. The molecule has 0 saturated carbocycles. The van der Waals surface area contributed by atoms with Crippen molar-refractivity contribution >= 4 is 11.2 Å². The fourth-order valence-electron chi connectivity index (χ4n) is 2.39. The zero-order valence-electron chi connectivity index (χ0n) is 11.9. The van der Waals surface area contributed by atoms with Crippen LogP contribution in [0.15, 0.2) is 11.4 Å². The molecule has 1 aliphatic heterocycles. The maximum Gasteiger partial charge on any atom is 0.201 e. The van der Waals surface area contributed by atoms with Crippen molar-refractivity contribution in [2.75, 3.05) is 6.61 Å². The van der Waals surface area contributed by atoms with E-state index in [-0.39, 0.29) is 38.4 Å². The summed E-state index contributed by atoms with van der Waals surface area (Å²) in [5.74, 6) is 0. The molecule has 0 aromatic carbocycles. The van der Waals surface area contributed by atoms with Gasteiger partial charge in [-0.1, -0.05) is 12.0 Å². The van der Waals surface area contributed by atoms with Crippen LogP contribution >= 0.6 is 0 Å². The van der Waals surface area contributed by atoms with Gasteiger partial charge in [-0.25, -0.2) is 4.39 Å². The predicted octanol–water partition coefficient (Wildman–Crippen LogP) is 0.159. The van der Waals surface area contributed by atoms with Crippen molar-refractivity contribution < 1.29 is 52.0 Å². The van der Waals surface area contributed by atoms with Gasteiger partial charge in [-0.3, -0.25) is 4.98 Å². The summed E-state index contributed by atoms with van der Waals surface area (Å²) in [6.07, 6.45) is -1.47. The minimum absolute atomic E-state index is 0. The summed E-state index contributed by atoms with van der Waals surface area (Å²) >= 11 is 0. The molecule has 2 N–H and O–H groups in total. The number of aryl methyl sites for hydroxylation is 1. The summed E-state index contributed by atoms with van der Waals surface area (Å²) in [4.78, 5) is 14.3. The number of hydrogen-bond acceptors (Lipinski definition) is 7. The average molecular weight is 397 g/mol. The van der Waals surface area contributed by atoms with Gasteiger partial charge in [0.25, 0.3) is 0 Å². The fraction of sp³-hybridized carbons (Fsp3) is 0.545. The number of halogens is 1. The van der Waals surface area contributed by atoms with Crippen LogP contribution in [0.1, 0.15) is 11.9 Å². The first kappa shape index (κ1) is 18.1. The number of imidazole rings is 1. The van der Waals surface area contributed by atoms with E-state index in [0.717, 1.165) is 0 Å². The molecule has 4 unspecified atom stereocenters. The third kappa shape index (κ3) is 2.73.